The highest BCUT2D eigenvalue weighted by atomic mass is 16.5. The van der Waals surface area contributed by atoms with Crippen molar-refractivity contribution in [2.75, 3.05) is 13.2 Å². The van der Waals surface area contributed by atoms with E-state index in [4.69, 9.17) is 4.74 Å². The molecule has 0 bridgehead atoms. The highest BCUT2D eigenvalue weighted by molar-refractivity contribution is 6.21. The number of nitrogens with zero attached hydrogens (tertiary/aromatic N) is 1. The summed E-state index contributed by atoms with van der Waals surface area (Å²) in [7, 11) is 0. The van der Waals surface area contributed by atoms with Crippen LogP contribution in [0.5, 0.6) is 0 Å². The van der Waals surface area contributed by atoms with E-state index in [1.165, 1.54) is 6.92 Å². The Bertz CT molecular complexity index is 665. The highest BCUT2D eigenvalue weighted by Crippen LogP contribution is 2.25. The van der Waals surface area contributed by atoms with Gasteiger partial charge < -0.3 is 4.74 Å². The lowest BCUT2D eigenvalue weighted by molar-refractivity contribution is -0.151. The molecule has 116 valence electrons. The van der Waals surface area contributed by atoms with E-state index in [0.29, 0.717) is 11.1 Å². The Labute approximate surface area is 128 Å². The van der Waals surface area contributed by atoms with Crippen molar-refractivity contribution in [2.45, 2.75) is 20.8 Å². The topological polar surface area (TPSA) is 80.8 Å². The minimum atomic E-state index is -1.15. The van der Waals surface area contributed by atoms with E-state index in [9.17, 15) is 19.2 Å². The first-order chi connectivity index (χ1) is 10.4. The molecule has 1 aliphatic heterocycles. The van der Waals surface area contributed by atoms with Crippen molar-refractivity contribution in [2.24, 2.45) is 5.92 Å². The van der Waals surface area contributed by atoms with Gasteiger partial charge in [0.2, 0.25) is 0 Å². The van der Waals surface area contributed by atoms with Gasteiger partial charge in [0.15, 0.2) is 0 Å². The molecule has 6 nitrogen and oxygen atoms in total. The maximum absolute atomic E-state index is 12.3. The molecule has 0 fully saturated rings. The number of rotatable bonds is 5. The number of esters is 1. The molecule has 0 aliphatic carbocycles. The van der Waals surface area contributed by atoms with Crippen molar-refractivity contribution in [3.05, 3.63) is 34.9 Å². The predicted molar refractivity (Wildman–Crippen MR) is 77.4 cm³/mol. The first-order valence-electron chi connectivity index (χ1n) is 7.00. The fraction of sp³-hybridized carbons (Fsp3) is 0.375. The summed E-state index contributed by atoms with van der Waals surface area (Å²) in [6.07, 6.45) is 0. The van der Waals surface area contributed by atoms with Gasteiger partial charge in [-0.25, -0.2) is 0 Å². The third kappa shape index (κ3) is 2.77. The van der Waals surface area contributed by atoms with Crippen LogP contribution in [0.2, 0.25) is 0 Å². The third-order valence-electron chi connectivity index (χ3n) is 3.55. The van der Waals surface area contributed by atoms with E-state index < -0.39 is 29.5 Å². The van der Waals surface area contributed by atoms with Crippen molar-refractivity contribution < 1.29 is 23.9 Å². The Hall–Kier alpha value is -2.50. The summed E-state index contributed by atoms with van der Waals surface area (Å²) in [5.74, 6) is -3.29. The van der Waals surface area contributed by atoms with Crippen LogP contribution in [-0.2, 0) is 14.3 Å². The molecule has 1 aliphatic rings. The molecule has 0 saturated carbocycles. The third-order valence-corrected chi connectivity index (χ3v) is 3.55. The molecule has 1 atom stereocenters. The lowest BCUT2D eigenvalue weighted by atomic mass is 10.1. The number of ether oxygens (including phenoxy) is 1. The van der Waals surface area contributed by atoms with Crippen molar-refractivity contribution in [1.82, 2.24) is 4.90 Å². The zero-order chi connectivity index (χ0) is 16.4. The monoisotopic (exact) mass is 303 g/mol. The highest BCUT2D eigenvalue weighted by Gasteiger charge is 2.39. The summed E-state index contributed by atoms with van der Waals surface area (Å²) in [5.41, 5.74) is 1.45. The molecule has 1 aromatic carbocycles. The van der Waals surface area contributed by atoms with Gasteiger partial charge in [0.05, 0.1) is 17.7 Å². The van der Waals surface area contributed by atoms with Gasteiger partial charge in [-0.2, -0.15) is 0 Å². The largest absolute Gasteiger partial charge is 0.465 e. The molecule has 0 unspecified atom stereocenters. The van der Waals surface area contributed by atoms with Crippen LogP contribution in [0.1, 0.15) is 40.1 Å². The van der Waals surface area contributed by atoms with E-state index >= 15 is 0 Å². The number of benzene rings is 1. The Kier molecular flexibility index (Phi) is 4.40. The maximum Gasteiger partial charge on any atom is 0.318 e. The zero-order valence-corrected chi connectivity index (χ0v) is 12.7. The van der Waals surface area contributed by atoms with Gasteiger partial charge in [0, 0.05) is 6.54 Å². The molecule has 0 saturated heterocycles. The Morgan fingerprint density at radius 2 is 1.82 bits per heavy atom. The average molecular weight is 303 g/mol. The van der Waals surface area contributed by atoms with Crippen molar-refractivity contribution >= 4 is 23.6 Å². The molecule has 6 heteroatoms. The van der Waals surface area contributed by atoms with Gasteiger partial charge in [-0.05, 0) is 32.9 Å². The minimum Gasteiger partial charge on any atom is -0.465 e. The molecule has 2 amide bonds. The maximum atomic E-state index is 12.3. The molecule has 0 radical (unpaired) electrons. The number of fused-ring (bicyclic) bond motifs is 1. The first-order valence-corrected chi connectivity index (χ1v) is 7.00. The van der Waals surface area contributed by atoms with Gasteiger partial charge in [0.25, 0.3) is 11.8 Å². The summed E-state index contributed by atoms with van der Waals surface area (Å²) in [6.45, 7) is 4.52. The average Bonchev–Trinajstić information content (AvgIpc) is 2.68. The van der Waals surface area contributed by atoms with Crippen molar-refractivity contribution in [1.29, 1.82) is 0 Å². The predicted octanol–water partition coefficient (Wildman–Crippen LogP) is 1.36. The second-order valence-corrected chi connectivity index (χ2v) is 5.19. The number of amides is 2. The van der Waals surface area contributed by atoms with E-state index in [1.54, 1.807) is 25.1 Å². The minimum absolute atomic E-state index is 0.129. The van der Waals surface area contributed by atoms with Crippen LogP contribution >= 0.6 is 0 Å². The number of hydrogen-bond acceptors (Lipinski definition) is 5. The van der Waals surface area contributed by atoms with Crippen LogP contribution in [0.3, 0.4) is 0 Å². The van der Waals surface area contributed by atoms with Crippen LogP contribution in [0.4, 0.5) is 0 Å². The van der Waals surface area contributed by atoms with E-state index in [-0.39, 0.29) is 13.2 Å². The Morgan fingerprint density at radius 3 is 2.41 bits per heavy atom. The smallest absolute Gasteiger partial charge is 0.318 e. The van der Waals surface area contributed by atoms with E-state index in [0.717, 1.165) is 10.5 Å². The van der Waals surface area contributed by atoms with Gasteiger partial charge in [-0.1, -0.05) is 11.6 Å². The summed E-state index contributed by atoms with van der Waals surface area (Å²) in [5, 5.41) is 0. The molecule has 1 heterocycles. The number of carbonyl (C=O) groups excluding carboxylic acids is 4. The van der Waals surface area contributed by atoms with Crippen LogP contribution in [-0.4, -0.2) is 41.6 Å². The SMILES string of the molecule is CCOC(=O)[C@H](CN1C(=O)c2ccc(C)cc2C1=O)C(C)=O. The number of hydrogen-bond donors (Lipinski definition) is 0. The second-order valence-electron chi connectivity index (χ2n) is 5.19. The fourth-order valence-electron chi connectivity index (χ4n) is 2.36. The number of Topliss-reactive ketones (excluding diaryl/α,β-unsaturated/α-hetero) is 1. The van der Waals surface area contributed by atoms with Crippen LogP contribution < -0.4 is 0 Å². The molecule has 0 N–H and O–H groups in total. The Balaban J connectivity index is 2.27. The number of carbonyl (C=O) groups is 4. The first kappa shape index (κ1) is 15.9. The van der Waals surface area contributed by atoms with Crippen LogP contribution in [0, 0.1) is 12.8 Å². The van der Waals surface area contributed by atoms with Gasteiger partial charge in [0.1, 0.15) is 11.7 Å². The quantitative estimate of drug-likeness (QED) is 0.466. The molecule has 1 aromatic rings. The van der Waals surface area contributed by atoms with Crippen LogP contribution in [0.15, 0.2) is 18.2 Å². The lowest BCUT2D eigenvalue weighted by Gasteiger charge is -2.19. The molecule has 0 aromatic heterocycles. The molecule has 0 spiro atoms. The normalized spacial score (nSPS) is 14.8. The molecule has 2 rings (SSSR count). The second kappa shape index (κ2) is 6.09. The van der Waals surface area contributed by atoms with Gasteiger partial charge in [-0.15, -0.1) is 0 Å². The number of imide groups is 1. The molecular formula is C16H17NO5. The summed E-state index contributed by atoms with van der Waals surface area (Å²) >= 11 is 0. The zero-order valence-electron chi connectivity index (χ0n) is 12.7. The number of ketones is 1. The van der Waals surface area contributed by atoms with E-state index in [2.05, 4.69) is 0 Å². The van der Waals surface area contributed by atoms with Crippen molar-refractivity contribution in [3.8, 4) is 0 Å². The van der Waals surface area contributed by atoms with Gasteiger partial charge >= 0.3 is 5.97 Å². The molecule has 22 heavy (non-hydrogen) atoms. The van der Waals surface area contributed by atoms with Gasteiger partial charge in [-0.3, -0.25) is 24.1 Å². The Morgan fingerprint density at radius 1 is 1.18 bits per heavy atom. The summed E-state index contributed by atoms with van der Waals surface area (Å²) < 4.78 is 4.83. The van der Waals surface area contributed by atoms with Crippen molar-refractivity contribution in [3.63, 3.8) is 0 Å². The fourth-order valence-corrected chi connectivity index (χ4v) is 2.36. The van der Waals surface area contributed by atoms with E-state index in [1.807, 2.05) is 6.92 Å². The summed E-state index contributed by atoms with van der Waals surface area (Å²) in [4.78, 5) is 49.0. The van der Waals surface area contributed by atoms with Crippen LogP contribution in [0.25, 0.3) is 0 Å². The number of aryl methyl sites for hydroxylation is 1. The summed E-state index contributed by atoms with van der Waals surface area (Å²) in [6, 6.07) is 4.95. The standard InChI is InChI=1S/C16H17NO5/c1-4-22-16(21)13(10(3)18)8-17-14(19)11-6-5-9(2)7-12(11)15(17)20/h5-7,13H,4,8H2,1-3H3/t13-/m1/s1. The lowest BCUT2D eigenvalue weighted by Crippen LogP contribution is -2.40. The molecular weight excluding hydrogens is 286 g/mol.